The Kier molecular flexibility index (Phi) is 4.27. The summed E-state index contributed by atoms with van der Waals surface area (Å²) in [4.78, 5) is 13.1. The fourth-order valence-electron chi connectivity index (χ4n) is 2.94. The molecule has 0 saturated heterocycles. The Morgan fingerprint density at radius 1 is 1.08 bits per heavy atom. The van der Waals surface area contributed by atoms with Crippen LogP contribution in [-0.2, 0) is 0 Å². The molecule has 3 aromatic rings. The van der Waals surface area contributed by atoms with E-state index in [4.69, 9.17) is 16.0 Å². The Hall–Kier alpha value is -2.98. The predicted octanol–water partition coefficient (Wildman–Crippen LogP) is 4.98. The van der Waals surface area contributed by atoms with Crippen molar-refractivity contribution in [3.05, 3.63) is 100 Å². The molecule has 0 spiro atoms. The lowest BCUT2D eigenvalue weighted by Gasteiger charge is -2.24. The first kappa shape index (κ1) is 16.5. The normalized spacial score (nSPS) is 16.3. The third kappa shape index (κ3) is 3.11. The summed E-state index contributed by atoms with van der Waals surface area (Å²) in [6.07, 6.45) is 3.59. The van der Waals surface area contributed by atoms with Crippen LogP contribution in [-0.4, -0.2) is 10.9 Å². The van der Waals surface area contributed by atoms with Gasteiger partial charge in [-0.05, 0) is 55.0 Å². The van der Waals surface area contributed by atoms with E-state index >= 15 is 0 Å². The van der Waals surface area contributed by atoms with Gasteiger partial charge < -0.3 is 4.42 Å². The number of aryl methyl sites for hydroxylation is 1. The average Bonchev–Trinajstić information content (AvgIpc) is 3.32. The summed E-state index contributed by atoms with van der Waals surface area (Å²) in [5.41, 5.74) is 6.73. The van der Waals surface area contributed by atoms with Crippen molar-refractivity contribution in [3.63, 3.8) is 0 Å². The smallest absolute Gasteiger partial charge is 0.273 e. The van der Waals surface area contributed by atoms with Crippen LogP contribution in [0, 0.1) is 6.92 Å². The van der Waals surface area contributed by atoms with Crippen LogP contribution in [0.5, 0.6) is 0 Å². The van der Waals surface area contributed by atoms with E-state index in [1.807, 2.05) is 73.7 Å². The van der Waals surface area contributed by atoms with Gasteiger partial charge in [-0.1, -0.05) is 41.4 Å². The number of hydrogen-bond donors (Lipinski definition) is 1. The first-order chi connectivity index (χ1) is 12.6. The number of amides is 1. The number of halogens is 1. The SMILES string of the molecule is Cc1ccc(C(=O)N2NC(c3ccc(Cl)cc3)=C[C@@H]2c2ccco2)cc1. The van der Waals surface area contributed by atoms with E-state index in [9.17, 15) is 4.79 Å². The van der Waals surface area contributed by atoms with Gasteiger partial charge in [0.05, 0.1) is 12.0 Å². The van der Waals surface area contributed by atoms with Crippen molar-refractivity contribution in [3.8, 4) is 0 Å². The highest BCUT2D eigenvalue weighted by molar-refractivity contribution is 6.30. The van der Waals surface area contributed by atoms with Crippen LogP contribution in [0.2, 0.25) is 5.02 Å². The van der Waals surface area contributed by atoms with Crippen LogP contribution < -0.4 is 5.43 Å². The van der Waals surface area contributed by atoms with Crippen molar-refractivity contribution in [2.24, 2.45) is 0 Å². The highest BCUT2D eigenvalue weighted by atomic mass is 35.5. The van der Waals surface area contributed by atoms with Gasteiger partial charge in [0, 0.05) is 10.6 Å². The Balaban J connectivity index is 1.68. The Morgan fingerprint density at radius 2 is 1.81 bits per heavy atom. The summed E-state index contributed by atoms with van der Waals surface area (Å²) in [5.74, 6) is 0.577. The summed E-state index contributed by atoms with van der Waals surface area (Å²) < 4.78 is 5.56. The number of hydrazine groups is 1. The molecule has 2 aromatic carbocycles. The quantitative estimate of drug-likeness (QED) is 0.712. The molecule has 1 amide bonds. The van der Waals surface area contributed by atoms with Gasteiger partial charge in [0.1, 0.15) is 11.8 Å². The molecule has 4 nitrogen and oxygen atoms in total. The zero-order valence-corrected chi connectivity index (χ0v) is 14.9. The topological polar surface area (TPSA) is 45.5 Å². The molecule has 26 heavy (non-hydrogen) atoms. The zero-order chi connectivity index (χ0) is 18.1. The van der Waals surface area contributed by atoms with Crippen molar-refractivity contribution in [1.29, 1.82) is 0 Å². The number of nitrogens with one attached hydrogen (secondary N) is 1. The van der Waals surface area contributed by atoms with Gasteiger partial charge >= 0.3 is 0 Å². The molecule has 4 rings (SSSR count). The molecule has 5 heteroatoms. The predicted molar refractivity (Wildman–Crippen MR) is 101 cm³/mol. The summed E-state index contributed by atoms with van der Waals surface area (Å²) in [6, 6.07) is 18.4. The van der Waals surface area contributed by atoms with Crippen LogP contribution >= 0.6 is 11.6 Å². The lowest BCUT2D eigenvalue weighted by atomic mass is 10.1. The van der Waals surface area contributed by atoms with Gasteiger partial charge in [0.25, 0.3) is 5.91 Å². The van der Waals surface area contributed by atoms with E-state index in [2.05, 4.69) is 5.43 Å². The Bertz CT molecular complexity index is 945. The maximum absolute atomic E-state index is 13.1. The highest BCUT2D eigenvalue weighted by Crippen LogP contribution is 2.33. The van der Waals surface area contributed by atoms with Crippen LogP contribution in [0.25, 0.3) is 5.70 Å². The number of carbonyl (C=O) groups is 1. The van der Waals surface area contributed by atoms with Gasteiger partial charge in [-0.3, -0.25) is 10.2 Å². The van der Waals surface area contributed by atoms with Crippen molar-refractivity contribution < 1.29 is 9.21 Å². The lowest BCUT2D eigenvalue weighted by molar-refractivity contribution is 0.0655. The molecule has 0 saturated carbocycles. The largest absolute Gasteiger partial charge is 0.467 e. The van der Waals surface area contributed by atoms with Gasteiger partial charge in [-0.2, -0.15) is 0 Å². The number of benzene rings is 2. The molecular formula is C21H17ClN2O2. The van der Waals surface area contributed by atoms with E-state index in [1.54, 1.807) is 11.3 Å². The van der Waals surface area contributed by atoms with E-state index in [0.717, 1.165) is 16.8 Å². The number of rotatable bonds is 3. The molecular weight excluding hydrogens is 348 g/mol. The maximum atomic E-state index is 13.1. The minimum atomic E-state index is -0.329. The molecule has 2 heterocycles. The highest BCUT2D eigenvalue weighted by Gasteiger charge is 2.33. The Labute approximate surface area is 156 Å². The van der Waals surface area contributed by atoms with Crippen LogP contribution in [0.3, 0.4) is 0 Å². The maximum Gasteiger partial charge on any atom is 0.273 e. The fraction of sp³-hybridized carbons (Fsp3) is 0.0952. The monoisotopic (exact) mass is 364 g/mol. The first-order valence-corrected chi connectivity index (χ1v) is 8.68. The van der Waals surface area contributed by atoms with Crippen molar-refractivity contribution >= 4 is 23.2 Å². The summed E-state index contributed by atoms with van der Waals surface area (Å²) in [6.45, 7) is 1.99. The van der Waals surface area contributed by atoms with Crippen molar-refractivity contribution in [1.82, 2.24) is 10.4 Å². The van der Waals surface area contributed by atoms with Crippen LogP contribution in [0.4, 0.5) is 0 Å². The molecule has 0 bridgehead atoms. The molecule has 0 fully saturated rings. The molecule has 130 valence electrons. The molecule has 1 atom stereocenters. The standard InChI is InChI=1S/C21H17ClN2O2/c1-14-4-6-16(7-5-14)21(25)24-19(20-3-2-12-26-20)13-18(23-24)15-8-10-17(22)11-9-15/h2-13,19,23H,1H3/t19-/m1/s1. The molecule has 0 radical (unpaired) electrons. The summed E-state index contributed by atoms with van der Waals surface area (Å²) in [7, 11) is 0. The zero-order valence-electron chi connectivity index (χ0n) is 14.1. The lowest BCUT2D eigenvalue weighted by Crippen LogP contribution is -2.39. The van der Waals surface area contributed by atoms with Gasteiger partial charge in [-0.15, -0.1) is 0 Å². The summed E-state index contributed by atoms with van der Waals surface area (Å²) in [5, 5.41) is 2.26. The van der Waals surface area contributed by atoms with Gasteiger partial charge in [-0.25, -0.2) is 5.01 Å². The molecule has 1 aromatic heterocycles. The third-order valence-electron chi connectivity index (χ3n) is 4.35. The second-order valence-corrected chi connectivity index (χ2v) is 6.64. The number of hydrogen-bond acceptors (Lipinski definition) is 3. The number of nitrogens with zero attached hydrogens (tertiary/aromatic N) is 1. The van der Waals surface area contributed by atoms with Crippen molar-refractivity contribution in [2.45, 2.75) is 13.0 Å². The van der Waals surface area contributed by atoms with E-state index in [-0.39, 0.29) is 11.9 Å². The number of furan rings is 1. The second-order valence-electron chi connectivity index (χ2n) is 6.20. The fourth-order valence-corrected chi connectivity index (χ4v) is 3.07. The molecule has 0 aliphatic carbocycles. The second kappa shape index (κ2) is 6.73. The van der Waals surface area contributed by atoms with Crippen LogP contribution in [0.1, 0.15) is 33.3 Å². The van der Waals surface area contributed by atoms with Crippen molar-refractivity contribution in [2.75, 3.05) is 0 Å². The average molecular weight is 365 g/mol. The minimum Gasteiger partial charge on any atom is -0.467 e. The third-order valence-corrected chi connectivity index (χ3v) is 4.60. The molecule has 0 unspecified atom stereocenters. The van der Waals surface area contributed by atoms with E-state index < -0.39 is 0 Å². The first-order valence-electron chi connectivity index (χ1n) is 8.30. The molecule has 1 aliphatic heterocycles. The molecule has 1 aliphatic rings. The Morgan fingerprint density at radius 3 is 2.46 bits per heavy atom. The summed E-state index contributed by atoms with van der Waals surface area (Å²) >= 11 is 5.98. The minimum absolute atomic E-state index is 0.119. The van der Waals surface area contributed by atoms with Gasteiger partial charge in [0.15, 0.2) is 0 Å². The molecule has 1 N–H and O–H groups in total. The van der Waals surface area contributed by atoms with Crippen LogP contribution in [0.15, 0.2) is 77.4 Å². The van der Waals surface area contributed by atoms with E-state index in [1.165, 1.54) is 0 Å². The van der Waals surface area contributed by atoms with Gasteiger partial charge in [0.2, 0.25) is 0 Å². The van der Waals surface area contributed by atoms with E-state index in [0.29, 0.717) is 16.3 Å². The number of carbonyl (C=O) groups excluding carboxylic acids is 1.